The van der Waals surface area contributed by atoms with Crippen LogP contribution in [0.5, 0.6) is 11.5 Å². The highest BCUT2D eigenvalue weighted by molar-refractivity contribution is 9.10. The van der Waals surface area contributed by atoms with Crippen molar-refractivity contribution < 1.29 is 14.3 Å². The van der Waals surface area contributed by atoms with E-state index in [-0.39, 0.29) is 5.91 Å². The molecular weight excluding hydrogens is 518 g/mol. The van der Waals surface area contributed by atoms with Gasteiger partial charge in [-0.15, -0.1) is 5.10 Å². The average Bonchev–Trinajstić information content (AvgIpc) is 3.19. The van der Waals surface area contributed by atoms with Gasteiger partial charge in [0, 0.05) is 11.4 Å². The Bertz CT molecular complexity index is 1270. The van der Waals surface area contributed by atoms with E-state index in [1.165, 1.54) is 0 Å². The molecule has 178 valence electrons. The summed E-state index contributed by atoms with van der Waals surface area (Å²) in [5, 5.41) is 11.7. The van der Waals surface area contributed by atoms with Gasteiger partial charge in [0.05, 0.1) is 24.3 Å². The molecule has 2 aromatic carbocycles. The molecule has 0 saturated heterocycles. The first-order valence-corrected chi connectivity index (χ1v) is 12.5. The third-order valence-corrected chi connectivity index (χ3v) is 6.71. The number of halogens is 1. The summed E-state index contributed by atoms with van der Waals surface area (Å²) in [5.41, 5.74) is 3.83. The van der Waals surface area contributed by atoms with Crippen LogP contribution >= 0.6 is 27.7 Å². The van der Waals surface area contributed by atoms with E-state index in [1.807, 2.05) is 57.2 Å². The van der Waals surface area contributed by atoms with Crippen LogP contribution in [0.4, 0.5) is 11.6 Å². The minimum absolute atomic E-state index is 0.225. The average molecular weight is 544 g/mol. The summed E-state index contributed by atoms with van der Waals surface area (Å²) in [6.45, 7) is 5.91. The number of ether oxygens (including phenoxy) is 2. The van der Waals surface area contributed by atoms with E-state index < -0.39 is 6.04 Å². The van der Waals surface area contributed by atoms with Crippen molar-refractivity contribution in [3.05, 3.63) is 63.3 Å². The van der Waals surface area contributed by atoms with Crippen molar-refractivity contribution in [3.8, 4) is 11.5 Å². The van der Waals surface area contributed by atoms with E-state index in [1.54, 1.807) is 30.7 Å². The van der Waals surface area contributed by atoms with Crippen LogP contribution in [0.2, 0.25) is 0 Å². The van der Waals surface area contributed by atoms with Crippen molar-refractivity contribution in [1.82, 2.24) is 14.8 Å². The third-order valence-electron chi connectivity index (χ3n) is 5.40. The Hall–Kier alpha value is -2.98. The van der Waals surface area contributed by atoms with Gasteiger partial charge in [-0.25, -0.2) is 4.68 Å². The molecular formula is C24H26BrN5O3S. The van der Waals surface area contributed by atoms with Gasteiger partial charge in [-0.3, -0.25) is 4.79 Å². The van der Waals surface area contributed by atoms with Crippen LogP contribution in [-0.2, 0) is 4.79 Å². The lowest BCUT2D eigenvalue weighted by Crippen LogP contribution is -2.31. The van der Waals surface area contributed by atoms with Crippen molar-refractivity contribution >= 4 is 45.2 Å². The zero-order valence-electron chi connectivity index (χ0n) is 19.6. The molecule has 1 unspecified atom stereocenters. The number of amides is 1. The molecule has 2 heterocycles. The van der Waals surface area contributed by atoms with Gasteiger partial charge in [-0.2, -0.15) is 4.98 Å². The molecule has 0 fully saturated rings. The fourth-order valence-corrected chi connectivity index (χ4v) is 5.12. The van der Waals surface area contributed by atoms with Gasteiger partial charge in [0.25, 0.3) is 5.91 Å². The minimum Gasteiger partial charge on any atom is -0.493 e. The Morgan fingerprint density at radius 1 is 1.24 bits per heavy atom. The summed E-state index contributed by atoms with van der Waals surface area (Å²) in [6, 6.07) is 11.0. The van der Waals surface area contributed by atoms with Crippen LogP contribution in [-0.4, -0.2) is 40.6 Å². The number of allylic oxidation sites excluding steroid dienone is 1. The SMILES string of the molecule is CCSc1nc2n(n1)C(c1cc(Br)c(OC)c(OC)c1)C(C(=O)Nc1cccc(C)c1)=C(C)N2. The smallest absolute Gasteiger partial charge is 0.255 e. The van der Waals surface area contributed by atoms with Gasteiger partial charge in [-0.1, -0.05) is 30.8 Å². The van der Waals surface area contributed by atoms with Gasteiger partial charge < -0.3 is 20.1 Å². The molecule has 8 nitrogen and oxygen atoms in total. The molecule has 10 heteroatoms. The number of carbonyl (C=O) groups is 1. The molecule has 1 amide bonds. The maximum Gasteiger partial charge on any atom is 0.255 e. The monoisotopic (exact) mass is 543 g/mol. The molecule has 3 aromatic rings. The fraction of sp³-hybridized carbons (Fsp3) is 0.292. The normalized spacial score (nSPS) is 14.9. The van der Waals surface area contributed by atoms with Gasteiger partial charge in [0.2, 0.25) is 11.1 Å². The number of carbonyl (C=O) groups excluding carboxylic acids is 1. The van der Waals surface area contributed by atoms with E-state index in [0.717, 1.165) is 22.6 Å². The molecule has 1 atom stereocenters. The first-order chi connectivity index (χ1) is 16.4. The van der Waals surface area contributed by atoms with E-state index in [0.29, 0.717) is 38.3 Å². The standard InChI is InChI=1S/C24H26BrN5O3S/c1-6-34-24-28-23-26-14(3)19(22(31)27-16-9-7-8-13(2)10-16)20(30(23)29-24)15-11-17(25)21(33-5)18(12-15)32-4/h7-12,20H,6H2,1-5H3,(H,27,31)(H,26,28,29). The molecule has 4 rings (SSSR count). The number of nitrogens with one attached hydrogen (secondary N) is 2. The highest BCUT2D eigenvalue weighted by Gasteiger charge is 2.35. The van der Waals surface area contributed by atoms with E-state index in [2.05, 4.69) is 31.5 Å². The first-order valence-electron chi connectivity index (χ1n) is 10.7. The summed E-state index contributed by atoms with van der Waals surface area (Å²) >= 11 is 5.12. The molecule has 34 heavy (non-hydrogen) atoms. The Morgan fingerprint density at radius 2 is 2.03 bits per heavy atom. The Balaban J connectivity index is 1.85. The number of anilines is 2. The number of methoxy groups -OCH3 is 2. The molecule has 0 bridgehead atoms. The van der Waals surface area contributed by atoms with Crippen molar-refractivity contribution in [2.75, 3.05) is 30.6 Å². The molecule has 0 saturated carbocycles. The number of hydrogen-bond acceptors (Lipinski definition) is 7. The van der Waals surface area contributed by atoms with Crippen molar-refractivity contribution in [2.45, 2.75) is 32.0 Å². The molecule has 2 N–H and O–H groups in total. The van der Waals surface area contributed by atoms with Gasteiger partial charge >= 0.3 is 0 Å². The van der Waals surface area contributed by atoms with Crippen LogP contribution in [0.25, 0.3) is 0 Å². The molecule has 0 spiro atoms. The van der Waals surface area contributed by atoms with Crippen LogP contribution < -0.4 is 20.1 Å². The number of fused-ring (bicyclic) bond motifs is 1. The number of rotatable bonds is 7. The fourth-order valence-electron chi connectivity index (χ4n) is 3.94. The summed E-state index contributed by atoms with van der Waals surface area (Å²) in [6.07, 6.45) is 0. The number of hydrogen-bond donors (Lipinski definition) is 2. The van der Waals surface area contributed by atoms with Crippen molar-refractivity contribution in [2.24, 2.45) is 0 Å². The topological polar surface area (TPSA) is 90.3 Å². The Labute approximate surface area is 211 Å². The Kier molecular flexibility index (Phi) is 7.18. The lowest BCUT2D eigenvalue weighted by atomic mass is 9.94. The summed E-state index contributed by atoms with van der Waals surface area (Å²) < 4.78 is 13.5. The lowest BCUT2D eigenvalue weighted by Gasteiger charge is -2.29. The summed E-state index contributed by atoms with van der Waals surface area (Å²) in [7, 11) is 3.17. The second-order valence-electron chi connectivity index (χ2n) is 7.72. The summed E-state index contributed by atoms with van der Waals surface area (Å²) in [5.74, 6) is 2.32. The number of benzene rings is 2. The maximum absolute atomic E-state index is 13.6. The van der Waals surface area contributed by atoms with Crippen molar-refractivity contribution in [1.29, 1.82) is 0 Å². The van der Waals surface area contributed by atoms with Gasteiger partial charge in [0.1, 0.15) is 6.04 Å². The maximum atomic E-state index is 13.6. The van der Waals surface area contributed by atoms with Crippen LogP contribution in [0.1, 0.15) is 31.0 Å². The van der Waals surface area contributed by atoms with E-state index in [4.69, 9.17) is 14.6 Å². The molecule has 0 aliphatic carbocycles. The third kappa shape index (κ3) is 4.65. The lowest BCUT2D eigenvalue weighted by molar-refractivity contribution is -0.113. The molecule has 1 aliphatic rings. The van der Waals surface area contributed by atoms with Crippen LogP contribution in [0.3, 0.4) is 0 Å². The second kappa shape index (κ2) is 10.1. The molecule has 0 radical (unpaired) electrons. The number of thioether (sulfide) groups is 1. The summed E-state index contributed by atoms with van der Waals surface area (Å²) in [4.78, 5) is 18.3. The number of aromatic nitrogens is 3. The Morgan fingerprint density at radius 3 is 2.71 bits per heavy atom. The minimum atomic E-state index is -0.532. The predicted octanol–water partition coefficient (Wildman–Crippen LogP) is 5.41. The van der Waals surface area contributed by atoms with Gasteiger partial charge in [-0.05, 0) is 70.9 Å². The number of aryl methyl sites for hydroxylation is 1. The zero-order chi connectivity index (χ0) is 24.4. The largest absolute Gasteiger partial charge is 0.493 e. The highest BCUT2D eigenvalue weighted by Crippen LogP contribution is 2.43. The number of nitrogens with zero attached hydrogens (tertiary/aromatic N) is 3. The highest BCUT2D eigenvalue weighted by atomic mass is 79.9. The molecule has 1 aliphatic heterocycles. The van der Waals surface area contributed by atoms with Crippen LogP contribution in [0, 0.1) is 6.92 Å². The van der Waals surface area contributed by atoms with Gasteiger partial charge in [0.15, 0.2) is 11.5 Å². The van der Waals surface area contributed by atoms with Crippen LogP contribution in [0.15, 0.2) is 57.3 Å². The molecule has 1 aromatic heterocycles. The quantitative estimate of drug-likeness (QED) is 0.385. The second-order valence-corrected chi connectivity index (χ2v) is 9.81. The predicted molar refractivity (Wildman–Crippen MR) is 138 cm³/mol. The van der Waals surface area contributed by atoms with E-state index in [9.17, 15) is 4.79 Å². The zero-order valence-corrected chi connectivity index (χ0v) is 22.0. The van der Waals surface area contributed by atoms with E-state index >= 15 is 0 Å². The first kappa shape index (κ1) is 24.2. The van der Waals surface area contributed by atoms with Crippen molar-refractivity contribution in [3.63, 3.8) is 0 Å².